The van der Waals surface area contributed by atoms with Crippen molar-refractivity contribution in [3.63, 3.8) is 0 Å². The molecule has 1 aromatic heterocycles. The molecule has 8 nitrogen and oxygen atoms in total. The van der Waals surface area contributed by atoms with Gasteiger partial charge >= 0.3 is 5.97 Å². The molecule has 1 aromatic carbocycles. The van der Waals surface area contributed by atoms with E-state index in [0.717, 1.165) is 12.0 Å². The highest BCUT2D eigenvalue weighted by Crippen LogP contribution is 2.33. The number of carbonyl (C=O) groups excluding carboxylic acids is 2. The smallest absolute Gasteiger partial charge is 0.341 e. The topological polar surface area (TPSA) is 88.9 Å². The van der Waals surface area contributed by atoms with Gasteiger partial charge < -0.3 is 14.2 Å². The molecular formula is C25H33N3O5S. The summed E-state index contributed by atoms with van der Waals surface area (Å²) in [6, 6.07) is 8.13. The SMILES string of the molecule is CCOC(=O)c1c(S(=O)(=O)N2CCCC(C(=O)N3CCc4ccccc4C3)C2)c(C)n(C)c1C. The van der Waals surface area contributed by atoms with Crippen LogP contribution in [0.1, 0.15) is 52.6 Å². The predicted molar refractivity (Wildman–Crippen MR) is 128 cm³/mol. The number of ether oxygens (including phenoxy) is 1. The summed E-state index contributed by atoms with van der Waals surface area (Å²) >= 11 is 0. The molecule has 0 saturated carbocycles. The average Bonchev–Trinajstić information content (AvgIpc) is 3.08. The maximum absolute atomic E-state index is 13.8. The van der Waals surface area contributed by atoms with Gasteiger partial charge in [-0.05, 0) is 51.2 Å². The Hall–Kier alpha value is -2.65. The molecule has 2 aliphatic heterocycles. The lowest BCUT2D eigenvalue weighted by Gasteiger charge is -2.36. The van der Waals surface area contributed by atoms with Gasteiger partial charge in [0.05, 0.1) is 12.5 Å². The highest BCUT2D eigenvalue weighted by Gasteiger charge is 2.40. The van der Waals surface area contributed by atoms with Crippen molar-refractivity contribution in [3.05, 3.63) is 52.3 Å². The molecule has 0 aliphatic carbocycles. The molecule has 2 aromatic rings. The summed E-state index contributed by atoms with van der Waals surface area (Å²) in [5, 5.41) is 0. The molecule has 4 rings (SSSR count). The molecular weight excluding hydrogens is 454 g/mol. The minimum Gasteiger partial charge on any atom is -0.462 e. The molecule has 184 valence electrons. The van der Waals surface area contributed by atoms with Crippen molar-refractivity contribution < 1.29 is 22.7 Å². The van der Waals surface area contributed by atoms with Crippen LogP contribution in [0.5, 0.6) is 0 Å². The molecule has 9 heteroatoms. The van der Waals surface area contributed by atoms with E-state index in [1.165, 1.54) is 9.87 Å². The van der Waals surface area contributed by atoms with Gasteiger partial charge in [0.2, 0.25) is 15.9 Å². The summed E-state index contributed by atoms with van der Waals surface area (Å²) in [5.74, 6) is -1.04. The van der Waals surface area contributed by atoms with Crippen LogP contribution in [0.4, 0.5) is 0 Å². The Bertz CT molecular complexity index is 1220. The van der Waals surface area contributed by atoms with Crippen LogP contribution in [-0.4, -0.2) is 60.3 Å². The normalized spacial score (nSPS) is 19.1. The number of hydrogen-bond donors (Lipinski definition) is 0. The maximum atomic E-state index is 13.8. The Morgan fingerprint density at radius 2 is 1.79 bits per heavy atom. The zero-order valence-corrected chi connectivity index (χ0v) is 21.2. The van der Waals surface area contributed by atoms with E-state index in [0.29, 0.717) is 43.9 Å². The fourth-order valence-corrected chi connectivity index (χ4v) is 7.11. The average molecular weight is 488 g/mol. The van der Waals surface area contributed by atoms with Gasteiger partial charge in [0, 0.05) is 44.6 Å². The van der Waals surface area contributed by atoms with E-state index in [9.17, 15) is 18.0 Å². The van der Waals surface area contributed by atoms with Crippen molar-refractivity contribution in [1.82, 2.24) is 13.8 Å². The Morgan fingerprint density at radius 1 is 1.09 bits per heavy atom. The quantitative estimate of drug-likeness (QED) is 0.605. The summed E-state index contributed by atoms with van der Waals surface area (Å²) in [5.41, 5.74) is 3.54. The van der Waals surface area contributed by atoms with Gasteiger partial charge in [-0.15, -0.1) is 0 Å². The number of hydrogen-bond acceptors (Lipinski definition) is 5. The zero-order chi connectivity index (χ0) is 24.6. The van der Waals surface area contributed by atoms with E-state index in [-0.39, 0.29) is 29.5 Å². The summed E-state index contributed by atoms with van der Waals surface area (Å²) in [7, 11) is -2.25. The number of carbonyl (C=O) groups is 2. The van der Waals surface area contributed by atoms with Crippen molar-refractivity contribution in [2.24, 2.45) is 13.0 Å². The van der Waals surface area contributed by atoms with Crippen LogP contribution in [-0.2, 0) is 39.6 Å². The first kappa shape index (κ1) is 24.5. The standard InChI is InChI=1S/C25H33N3O5S/c1-5-33-25(30)22-17(2)26(4)18(3)23(22)34(31,32)28-13-8-11-21(16-28)24(29)27-14-12-19-9-6-7-10-20(19)15-27/h6-7,9-10,21H,5,8,11-16H2,1-4H3. The van der Waals surface area contributed by atoms with E-state index in [4.69, 9.17) is 4.74 Å². The molecule has 0 spiro atoms. The third-order valence-corrected chi connectivity index (χ3v) is 9.20. The van der Waals surface area contributed by atoms with Crippen molar-refractivity contribution >= 4 is 21.9 Å². The number of amides is 1. The number of aromatic nitrogens is 1. The highest BCUT2D eigenvalue weighted by atomic mass is 32.2. The highest BCUT2D eigenvalue weighted by molar-refractivity contribution is 7.89. The fraction of sp³-hybridized carbons (Fsp3) is 0.520. The van der Waals surface area contributed by atoms with Crippen LogP contribution in [0.15, 0.2) is 29.2 Å². The summed E-state index contributed by atoms with van der Waals surface area (Å²) < 4.78 is 35.8. The van der Waals surface area contributed by atoms with Crippen molar-refractivity contribution in [2.75, 3.05) is 26.2 Å². The molecule has 0 N–H and O–H groups in total. The van der Waals surface area contributed by atoms with Crippen LogP contribution in [0, 0.1) is 19.8 Å². The van der Waals surface area contributed by atoms with Crippen molar-refractivity contribution in [2.45, 2.75) is 51.5 Å². The Balaban J connectivity index is 1.58. The lowest BCUT2D eigenvalue weighted by molar-refractivity contribution is -0.137. The minimum atomic E-state index is -3.99. The molecule has 1 atom stereocenters. The lowest BCUT2D eigenvalue weighted by Crippen LogP contribution is -2.48. The van der Waals surface area contributed by atoms with Gasteiger partial charge in [-0.3, -0.25) is 4.79 Å². The maximum Gasteiger partial charge on any atom is 0.341 e. The number of esters is 1. The van der Waals surface area contributed by atoms with E-state index < -0.39 is 21.9 Å². The van der Waals surface area contributed by atoms with Gasteiger partial charge in [-0.1, -0.05) is 24.3 Å². The first-order valence-electron chi connectivity index (χ1n) is 11.9. The van der Waals surface area contributed by atoms with Gasteiger partial charge in [0.25, 0.3) is 0 Å². The van der Waals surface area contributed by atoms with Gasteiger partial charge in [0.1, 0.15) is 10.5 Å². The fourth-order valence-electron chi connectivity index (χ4n) is 5.11. The number of sulfonamides is 1. The van der Waals surface area contributed by atoms with E-state index in [2.05, 4.69) is 6.07 Å². The number of fused-ring (bicyclic) bond motifs is 1. The van der Waals surface area contributed by atoms with Crippen molar-refractivity contribution in [3.8, 4) is 0 Å². The third-order valence-electron chi connectivity index (χ3n) is 7.18. The minimum absolute atomic E-state index is 0.000911. The molecule has 0 radical (unpaired) electrons. The molecule has 1 amide bonds. The number of piperidine rings is 1. The van der Waals surface area contributed by atoms with E-state index in [1.54, 1.807) is 32.4 Å². The van der Waals surface area contributed by atoms with Crippen LogP contribution >= 0.6 is 0 Å². The molecule has 1 unspecified atom stereocenters. The summed E-state index contributed by atoms with van der Waals surface area (Å²) in [4.78, 5) is 27.9. The number of rotatable bonds is 5. The summed E-state index contributed by atoms with van der Waals surface area (Å²) in [6.07, 6.45) is 2.06. The van der Waals surface area contributed by atoms with Gasteiger partial charge in [-0.2, -0.15) is 4.31 Å². The second kappa shape index (κ2) is 9.54. The Labute approximate surface area is 201 Å². The monoisotopic (exact) mass is 487 g/mol. The zero-order valence-electron chi connectivity index (χ0n) is 20.3. The molecule has 34 heavy (non-hydrogen) atoms. The van der Waals surface area contributed by atoms with Gasteiger partial charge in [-0.25, -0.2) is 13.2 Å². The predicted octanol–water partition coefficient (Wildman–Crippen LogP) is 2.80. The number of nitrogens with zero attached hydrogens (tertiary/aromatic N) is 3. The van der Waals surface area contributed by atoms with Crippen LogP contribution in [0.25, 0.3) is 0 Å². The van der Waals surface area contributed by atoms with E-state index in [1.807, 2.05) is 23.1 Å². The van der Waals surface area contributed by atoms with Crippen LogP contribution < -0.4 is 0 Å². The first-order chi connectivity index (χ1) is 16.2. The molecule has 3 heterocycles. The molecule has 1 saturated heterocycles. The second-order valence-electron chi connectivity index (χ2n) is 9.14. The first-order valence-corrected chi connectivity index (χ1v) is 13.3. The Morgan fingerprint density at radius 3 is 2.50 bits per heavy atom. The lowest BCUT2D eigenvalue weighted by atomic mass is 9.95. The molecule has 1 fully saturated rings. The number of benzene rings is 1. The second-order valence-corrected chi connectivity index (χ2v) is 11.0. The van der Waals surface area contributed by atoms with Crippen LogP contribution in [0.3, 0.4) is 0 Å². The van der Waals surface area contributed by atoms with Gasteiger partial charge in [0.15, 0.2) is 0 Å². The largest absolute Gasteiger partial charge is 0.462 e. The Kier molecular flexibility index (Phi) is 6.87. The van der Waals surface area contributed by atoms with Crippen molar-refractivity contribution in [1.29, 1.82) is 0 Å². The molecule has 0 bridgehead atoms. The van der Waals surface area contributed by atoms with Crippen LogP contribution in [0.2, 0.25) is 0 Å². The van der Waals surface area contributed by atoms with E-state index >= 15 is 0 Å². The molecule has 2 aliphatic rings. The third kappa shape index (κ3) is 4.27. The summed E-state index contributed by atoms with van der Waals surface area (Å²) in [6.45, 7) is 6.91.